The third-order valence-electron chi connectivity index (χ3n) is 4.18. The Morgan fingerprint density at radius 2 is 1.76 bits per heavy atom. The molecule has 1 aliphatic rings. The van der Waals surface area contributed by atoms with Gasteiger partial charge < -0.3 is 14.1 Å². The molecule has 1 aliphatic heterocycles. The van der Waals surface area contributed by atoms with E-state index in [4.69, 9.17) is 4.42 Å². The zero-order valence-electron chi connectivity index (χ0n) is 13.9. The molecule has 6 nitrogen and oxygen atoms in total. The first-order valence-corrected chi connectivity index (χ1v) is 8.01. The molecule has 1 fully saturated rings. The van der Waals surface area contributed by atoms with Gasteiger partial charge in [-0.2, -0.15) is 0 Å². The first-order valence-electron chi connectivity index (χ1n) is 8.01. The number of esters is 1. The molecule has 2 heterocycles. The van der Waals surface area contributed by atoms with Crippen molar-refractivity contribution in [3.8, 4) is 0 Å². The Balaban J connectivity index is 1.53. The quantitative estimate of drug-likeness (QED) is 0.794. The number of methoxy groups -OCH3 is 1. The summed E-state index contributed by atoms with van der Waals surface area (Å²) in [7, 11) is 1.31. The normalized spacial score (nSPS) is 15.2. The van der Waals surface area contributed by atoms with E-state index in [1.807, 2.05) is 0 Å². The number of rotatable bonds is 4. The summed E-state index contributed by atoms with van der Waals surface area (Å²) in [6.45, 7) is 3.12. The average Bonchev–Trinajstić information content (AvgIpc) is 3.10. The standard InChI is InChI=1S/C18H19FN2O4/c1-24-18(23)16-7-6-15(25-16)12-20-8-10-21(11-9-20)17(22)13-2-4-14(19)5-3-13/h2-7H,8-12H2,1H3. The summed E-state index contributed by atoms with van der Waals surface area (Å²) in [6.07, 6.45) is 0. The fourth-order valence-electron chi connectivity index (χ4n) is 2.78. The van der Waals surface area contributed by atoms with Crippen LogP contribution in [0, 0.1) is 5.82 Å². The molecule has 1 aromatic carbocycles. The van der Waals surface area contributed by atoms with Crippen LogP contribution in [0.4, 0.5) is 4.39 Å². The number of carbonyl (C=O) groups is 2. The van der Waals surface area contributed by atoms with Crippen molar-refractivity contribution in [2.75, 3.05) is 33.3 Å². The van der Waals surface area contributed by atoms with E-state index in [0.29, 0.717) is 44.0 Å². The molecular weight excluding hydrogens is 327 g/mol. The number of benzene rings is 1. The minimum atomic E-state index is -0.499. The lowest BCUT2D eigenvalue weighted by atomic mass is 10.1. The summed E-state index contributed by atoms with van der Waals surface area (Å²) >= 11 is 0. The van der Waals surface area contributed by atoms with Crippen LogP contribution in [0.25, 0.3) is 0 Å². The van der Waals surface area contributed by atoms with E-state index in [0.717, 1.165) is 0 Å². The van der Waals surface area contributed by atoms with Crippen LogP contribution in [0.1, 0.15) is 26.7 Å². The summed E-state index contributed by atoms with van der Waals surface area (Å²) in [5.74, 6) is -0.0842. The Labute approximate surface area is 144 Å². The highest BCUT2D eigenvalue weighted by Gasteiger charge is 2.23. The van der Waals surface area contributed by atoms with Crippen LogP contribution < -0.4 is 0 Å². The fraction of sp³-hybridized carbons (Fsp3) is 0.333. The Morgan fingerprint density at radius 3 is 2.40 bits per heavy atom. The van der Waals surface area contributed by atoms with Crippen LogP contribution in [-0.2, 0) is 11.3 Å². The van der Waals surface area contributed by atoms with Gasteiger partial charge in [0.25, 0.3) is 5.91 Å². The van der Waals surface area contributed by atoms with Gasteiger partial charge in [0, 0.05) is 31.7 Å². The summed E-state index contributed by atoms with van der Waals surface area (Å²) in [6, 6.07) is 8.93. The second-order valence-corrected chi connectivity index (χ2v) is 5.83. The number of furan rings is 1. The molecule has 132 valence electrons. The zero-order chi connectivity index (χ0) is 17.8. The van der Waals surface area contributed by atoms with Crippen molar-refractivity contribution in [1.82, 2.24) is 9.80 Å². The smallest absolute Gasteiger partial charge is 0.373 e. The number of carbonyl (C=O) groups excluding carboxylic acids is 2. The minimum absolute atomic E-state index is 0.0920. The predicted molar refractivity (Wildman–Crippen MR) is 87.6 cm³/mol. The van der Waals surface area contributed by atoms with E-state index in [2.05, 4.69) is 9.64 Å². The molecule has 3 rings (SSSR count). The van der Waals surface area contributed by atoms with Crippen molar-refractivity contribution in [2.24, 2.45) is 0 Å². The molecule has 0 aliphatic carbocycles. The van der Waals surface area contributed by atoms with Crippen LogP contribution in [0.15, 0.2) is 40.8 Å². The maximum absolute atomic E-state index is 13.0. The van der Waals surface area contributed by atoms with E-state index in [-0.39, 0.29) is 17.5 Å². The highest BCUT2D eigenvalue weighted by atomic mass is 19.1. The monoisotopic (exact) mass is 346 g/mol. The van der Waals surface area contributed by atoms with E-state index in [1.165, 1.54) is 31.4 Å². The third kappa shape index (κ3) is 4.06. The van der Waals surface area contributed by atoms with E-state index in [1.54, 1.807) is 17.0 Å². The molecule has 0 unspecified atom stereocenters. The van der Waals surface area contributed by atoms with Crippen LogP contribution in [0.3, 0.4) is 0 Å². The lowest BCUT2D eigenvalue weighted by Gasteiger charge is -2.34. The molecule has 1 saturated heterocycles. The average molecular weight is 346 g/mol. The van der Waals surface area contributed by atoms with Crippen LogP contribution in [0.2, 0.25) is 0 Å². The molecule has 7 heteroatoms. The van der Waals surface area contributed by atoms with Crippen molar-refractivity contribution < 1.29 is 23.1 Å². The number of hydrogen-bond donors (Lipinski definition) is 0. The Hall–Kier alpha value is -2.67. The molecule has 2 aromatic rings. The number of piperazine rings is 1. The molecule has 0 saturated carbocycles. The van der Waals surface area contributed by atoms with E-state index < -0.39 is 5.97 Å². The van der Waals surface area contributed by atoms with Crippen LogP contribution in [0.5, 0.6) is 0 Å². The van der Waals surface area contributed by atoms with Gasteiger partial charge in [-0.05, 0) is 36.4 Å². The van der Waals surface area contributed by atoms with Crippen molar-refractivity contribution in [3.63, 3.8) is 0 Å². The maximum atomic E-state index is 13.0. The van der Waals surface area contributed by atoms with Gasteiger partial charge >= 0.3 is 5.97 Å². The number of nitrogens with zero attached hydrogens (tertiary/aromatic N) is 2. The minimum Gasteiger partial charge on any atom is -0.463 e. The number of halogens is 1. The van der Waals surface area contributed by atoms with Crippen molar-refractivity contribution in [2.45, 2.75) is 6.54 Å². The largest absolute Gasteiger partial charge is 0.463 e. The summed E-state index contributed by atoms with van der Waals surface area (Å²) in [5, 5.41) is 0. The number of ether oxygens (including phenoxy) is 1. The molecular formula is C18H19FN2O4. The van der Waals surface area contributed by atoms with E-state index >= 15 is 0 Å². The Morgan fingerprint density at radius 1 is 1.08 bits per heavy atom. The molecule has 1 amide bonds. The third-order valence-corrected chi connectivity index (χ3v) is 4.18. The lowest BCUT2D eigenvalue weighted by Crippen LogP contribution is -2.48. The van der Waals surface area contributed by atoms with Crippen LogP contribution in [-0.4, -0.2) is 55.0 Å². The van der Waals surface area contributed by atoms with Gasteiger partial charge in [-0.25, -0.2) is 9.18 Å². The maximum Gasteiger partial charge on any atom is 0.373 e. The highest BCUT2D eigenvalue weighted by molar-refractivity contribution is 5.94. The van der Waals surface area contributed by atoms with Crippen molar-refractivity contribution in [1.29, 1.82) is 0 Å². The first kappa shape index (κ1) is 17.2. The van der Waals surface area contributed by atoms with Crippen molar-refractivity contribution in [3.05, 3.63) is 59.3 Å². The molecule has 0 spiro atoms. The second kappa shape index (κ2) is 7.48. The van der Waals surface area contributed by atoms with Gasteiger partial charge in [0.05, 0.1) is 13.7 Å². The van der Waals surface area contributed by atoms with Gasteiger partial charge in [0.1, 0.15) is 11.6 Å². The topological polar surface area (TPSA) is 63.0 Å². The zero-order valence-corrected chi connectivity index (χ0v) is 13.9. The summed E-state index contributed by atoms with van der Waals surface area (Å²) in [4.78, 5) is 27.7. The number of amides is 1. The Kier molecular flexibility index (Phi) is 5.14. The van der Waals surface area contributed by atoms with E-state index in [9.17, 15) is 14.0 Å². The Bertz CT molecular complexity index is 749. The van der Waals surface area contributed by atoms with Gasteiger partial charge in [-0.1, -0.05) is 0 Å². The molecule has 25 heavy (non-hydrogen) atoms. The van der Waals surface area contributed by atoms with Crippen molar-refractivity contribution >= 4 is 11.9 Å². The molecule has 0 atom stereocenters. The summed E-state index contributed by atoms with van der Waals surface area (Å²) < 4.78 is 23.0. The highest BCUT2D eigenvalue weighted by Crippen LogP contribution is 2.15. The molecule has 0 radical (unpaired) electrons. The fourth-order valence-corrected chi connectivity index (χ4v) is 2.78. The molecule has 0 bridgehead atoms. The molecule has 1 aromatic heterocycles. The summed E-state index contributed by atoms with van der Waals surface area (Å²) in [5.41, 5.74) is 0.489. The van der Waals surface area contributed by atoms with Gasteiger partial charge in [0.2, 0.25) is 5.76 Å². The predicted octanol–water partition coefficient (Wildman–Crippen LogP) is 2.16. The SMILES string of the molecule is COC(=O)c1ccc(CN2CCN(C(=O)c3ccc(F)cc3)CC2)o1. The lowest BCUT2D eigenvalue weighted by molar-refractivity contribution is 0.0549. The second-order valence-electron chi connectivity index (χ2n) is 5.83. The van der Waals surface area contributed by atoms with Gasteiger partial charge in [0.15, 0.2) is 0 Å². The molecule has 0 N–H and O–H groups in total. The van der Waals surface area contributed by atoms with Gasteiger partial charge in [-0.3, -0.25) is 9.69 Å². The van der Waals surface area contributed by atoms with Crippen LogP contribution >= 0.6 is 0 Å². The number of hydrogen-bond acceptors (Lipinski definition) is 5. The first-order chi connectivity index (χ1) is 12.1. The van der Waals surface area contributed by atoms with Gasteiger partial charge in [-0.15, -0.1) is 0 Å².